The van der Waals surface area contributed by atoms with E-state index in [2.05, 4.69) is 5.32 Å². The number of hydrogen-bond donors (Lipinski definition) is 2. The number of carboxylic acids is 1. The van der Waals surface area contributed by atoms with Crippen molar-refractivity contribution in [2.75, 3.05) is 0 Å². The van der Waals surface area contributed by atoms with Gasteiger partial charge in [-0.2, -0.15) is 0 Å². The van der Waals surface area contributed by atoms with Gasteiger partial charge in [-0.05, 0) is 25.0 Å². The van der Waals surface area contributed by atoms with Crippen LogP contribution in [0.25, 0.3) is 0 Å². The van der Waals surface area contributed by atoms with E-state index in [0.717, 1.165) is 19.3 Å². The van der Waals surface area contributed by atoms with Crippen LogP contribution < -0.4 is 5.32 Å². The molecule has 102 valence electrons. The lowest BCUT2D eigenvalue weighted by Gasteiger charge is -2.34. The smallest absolute Gasteiger partial charge is 0.329 e. The van der Waals surface area contributed by atoms with E-state index in [1.54, 1.807) is 6.07 Å². The molecular formula is C14H16FNO3. The third-order valence-corrected chi connectivity index (χ3v) is 3.59. The molecule has 1 saturated carbocycles. The molecule has 0 unspecified atom stereocenters. The lowest BCUT2D eigenvalue weighted by atomic mass is 9.81. The molecule has 1 aromatic rings. The standard InChI is InChI=1S/C14H16FNO3/c15-11-7-3-2-6-10(11)12(17)16-14(13(18)19)8-4-1-5-9-14/h2-3,6-7H,1,4-5,8-9H2,(H,16,17)(H,18,19). The Balaban J connectivity index is 2.20. The molecule has 0 radical (unpaired) electrons. The topological polar surface area (TPSA) is 66.4 Å². The van der Waals surface area contributed by atoms with E-state index in [0.29, 0.717) is 12.8 Å². The van der Waals surface area contributed by atoms with E-state index in [9.17, 15) is 19.1 Å². The van der Waals surface area contributed by atoms with E-state index in [4.69, 9.17) is 0 Å². The molecule has 0 aliphatic heterocycles. The highest BCUT2D eigenvalue weighted by atomic mass is 19.1. The summed E-state index contributed by atoms with van der Waals surface area (Å²) in [6.45, 7) is 0. The monoisotopic (exact) mass is 265 g/mol. The molecule has 1 aliphatic carbocycles. The Morgan fingerprint density at radius 3 is 2.37 bits per heavy atom. The molecule has 0 spiro atoms. The second-order valence-corrected chi connectivity index (χ2v) is 4.88. The molecule has 1 aliphatic rings. The Labute approximate surface area is 110 Å². The summed E-state index contributed by atoms with van der Waals surface area (Å²) in [5.41, 5.74) is -1.37. The Bertz CT molecular complexity index is 495. The fourth-order valence-corrected chi connectivity index (χ4v) is 2.48. The molecule has 1 aromatic carbocycles. The number of carbonyl (C=O) groups excluding carboxylic acids is 1. The van der Waals surface area contributed by atoms with Crippen LogP contribution in [0, 0.1) is 5.82 Å². The summed E-state index contributed by atoms with van der Waals surface area (Å²) in [6.07, 6.45) is 3.25. The first-order valence-corrected chi connectivity index (χ1v) is 6.36. The number of aliphatic carboxylic acids is 1. The summed E-state index contributed by atoms with van der Waals surface area (Å²) < 4.78 is 13.5. The molecule has 0 bridgehead atoms. The van der Waals surface area contributed by atoms with Crippen molar-refractivity contribution in [1.29, 1.82) is 0 Å². The minimum Gasteiger partial charge on any atom is -0.480 e. The van der Waals surface area contributed by atoms with Crippen LogP contribution in [0.15, 0.2) is 24.3 Å². The predicted octanol–water partition coefficient (Wildman–Crippen LogP) is 2.34. The van der Waals surface area contributed by atoms with Crippen LogP contribution in [-0.2, 0) is 4.79 Å². The van der Waals surface area contributed by atoms with Crippen molar-refractivity contribution in [3.8, 4) is 0 Å². The number of nitrogens with one attached hydrogen (secondary N) is 1. The Kier molecular flexibility index (Phi) is 3.83. The van der Waals surface area contributed by atoms with E-state index < -0.39 is 23.2 Å². The lowest BCUT2D eigenvalue weighted by molar-refractivity contribution is -0.145. The normalized spacial score (nSPS) is 17.7. The first-order valence-electron chi connectivity index (χ1n) is 6.36. The molecule has 5 heteroatoms. The molecule has 0 aromatic heterocycles. The third-order valence-electron chi connectivity index (χ3n) is 3.59. The highest BCUT2D eigenvalue weighted by Gasteiger charge is 2.41. The molecule has 1 amide bonds. The van der Waals surface area contributed by atoms with Crippen molar-refractivity contribution in [3.05, 3.63) is 35.6 Å². The summed E-state index contributed by atoms with van der Waals surface area (Å²) in [5.74, 6) is -2.35. The first kappa shape index (κ1) is 13.5. The van der Waals surface area contributed by atoms with E-state index in [-0.39, 0.29) is 5.56 Å². The Morgan fingerprint density at radius 1 is 1.16 bits per heavy atom. The van der Waals surface area contributed by atoms with Gasteiger partial charge in [-0.25, -0.2) is 9.18 Å². The Hall–Kier alpha value is -1.91. The van der Waals surface area contributed by atoms with Gasteiger partial charge in [0.05, 0.1) is 5.56 Å². The highest BCUT2D eigenvalue weighted by Crippen LogP contribution is 2.29. The van der Waals surface area contributed by atoms with Crippen LogP contribution in [0.4, 0.5) is 4.39 Å². The number of amides is 1. The van der Waals surface area contributed by atoms with Gasteiger partial charge in [-0.3, -0.25) is 4.79 Å². The zero-order valence-corrected chi connectivity index (χ0v) is 10.5. The SMILES string of the molecule is O=C(NC1(C(=O)O)CCCCC1)c1ccccc1F. The lowest BCUT2D eigenvalue weighted by Crippen LogP contribution is -2.55. The van der Waals surface area contributed by atoms with Gasteiger partial charge in [0.25, 0.3) is 5.91 Å². The number of benzene rings is 1. The molecule has 2 N–H and O–H groups in total. The van der Waals surface area contributed by atoms with Gasteiger partial charge >= 0.3 is 5.97 Å². The summed E-state index contributed by atoms with van der Waals surface area (Å²) in [7, 11) is 0. The van der Waals surface area contributed by atoms with Crippen molar-refractivity contribution in [1.82, 2.24) is 5.32 Å². The van der Waals surface area contributed by atoms with Crippen molar-refractivity contribution in [2.24, 2.45) is 0 Å². The molecular weight excluding hydrogens is 249 g/mol. The van der Waals surface area contributed by atoms with Crippen molar-refractivity contribution >= 4 is 11.9 Å². The summed E-state index contributed by atoms with van der Waals surface area (Å²) >= 11 is 0. The van der Waals surface area contributed by atoms with Crippen molar-refractivity contribution in [3.63, 3.8) is 0 Å². The molecule has 0 heterocycles. The zero-order valence-electron chi connectivity index (χ0n) is 10.5. The maximum absolute atomic E-state index is 13.5. The molecule has 0 atom stereocenters. The molecule has 19 heavy (non-hydrogen) atoms. The van der Waals surface area contributed by atoms with E-state index >= 15 is 0 Å². The van der Waals surface area contributed by atoms with Crippen LogP contribution in [-0.4, -0.2) is 22.5 Å². The van der Waals surface area contributed by atoms with Crippen LogP contribution in [0.1, 0.15) is 42.5 Å². The molecule has 4 nitrogen and oxygen atoms in total. The number of halogens is 1. The largest absolute Gasteiger partial charge is 0.480 e. The van der Waals surface area contributed by atoms with Gasteiger partial charge in [0.15, 0.2) is 0 Å². The fraction of sp³-hybridized carbons (Fsp3) is 0.429. The van der Waals surface area contributed by atoms with E-state index in [1.165, 1.54) is 18.2 Å². The van der Waals surface area contributed by atoms with Gasteiger partial charge in [0.1, 0.15) is 11.4 Å². The molecule has 0 saturated heterocycles. The van der Waals surface area contributed by atoms with Crippen molar-refractivity contribution in [2.45, 2.75) is 37.6 Å². The number of carbonyl (C=O) groups is 2. The number of rotatable bonds is 3. The van der Waals surface area contributed by atoms with E-state index in [1.807, 2.05) is 0 Å². The van der Waals surface area contributed by atoms with Gasteiger partial charge < -0.3 is 10.4 Å². The van der Waals surface area contributed by atoms with Crippen LogP contribution in [0.2, 0.25) is 0 Å². The number of carboxylic acid groups (broad SMARTS) is 1. The maximum atomic E-state index is 13.5. The highest BCUT2D eigenvalue weighted by molar-refractivity contribution is 5.98. The minimum atomic E-state index is -1.25. The predicted molar refractivity (Wildman–Crippen MR) is 67.3 cm³/mol. The average molecular weight is 265 g/mol. The van der Waals surface area contributed by atoms with Gasteiger partial charge in [0.2, 0.25) is 0 Å². The molecule has 2 rings (SSSR count). The summed E-state index contributed by atoms with van der Waals surface area (Å²) in [5, 5.41) is 11.9. The maximum Gasteiger partial charge on any atom is 0.329 e. The second-order valence-electron chi connectivity index (χ2n) is 4.88. The van der Waals surface area contributed by atoms with Gasteiger partial charge in [-0.1, -0.05) is 31.4 Å². The van der Waals surface area contributed by atoms with Crippen LogP contribution in [0.3, 0.4) is 0 Å². The summed E-state index contributed by atoms with van der Waals surface area (Å²) in [4.78, 5) is 23.4. The zero-order chi connectivity index (χ0) is 13.9. The Morgan fingerprint density at radius 2 is 1.79 bits per heavy atom. The summed E-state index contributed by atoms with van der Waals surface area (Å²) in [6, 6.07) is 5.57. The van der Waals surface area contributed by atoms with Crippen LogP contribution >= 0.6 is 0 Å². The minimum absolute atomic E-state index is 0.117. The first-order chi connectivity index (χ1) is 9.05. The average Bonchev–Trinajstić information content (AvgIpc) is 2.40. The quantitative estimate of drug-likeness (QED) is 0.881. The second kappa shape index (κ2) is 5.38. The van der Waals surface area contributed by atoms with Crippen LogP contribution in [0.5, 0.6) is 0 Å². The number of hydrogen-bond acceptors (Lipinski definition) is 2. The van der Waals surface area contributed by atoms with Crippen molar-refractivity contribution < 1.29 is 19.1 Å². The van der Waals surface area contributed by atoms with Gasteiger partial charge in [0, 0.05) is 0 Å². The molecule has 1 fully saturated rings. The van der Waals surface area contributed by atoms with Gasteiger partial charge in [-0.15, -0.1) is 0 Å². The fourth-order valence-electron chi connectivity index (χ4n) is 2.48. The third kappa shape index (κ3) is 2.75.